The normalized spacial score (nSPS) is 33.8. The smallest absolute Gasteiger partial charge is 0.0352 e. The Kier molecular flexibility index (Phi) is 5.15. The van der Waals surface area contributed by atoms with Crippen LogP contribution >= 0.6 is 0 Å². The molecule has 0 bridgehead atoms. The molecular formula is C15H30. The van der Waals surface area contributed by atoms with Crippen molar-refractivity contribution >= 4 is 0 Å². The van der Waals surface area contributed by atoms with Gasteiger partial charge in [-0.05, 0) is 36.0 Å². The third-order valence-corrected chi connectivity index (χ3v) is 4.93. The van der Waals surface area contributed by atoms with Gasteiger partial charge in [-0.15, -0.1) is 0 Å². The van der Waals surface area contributed by atoms with E-state index < -0.39 is 0 Å². The summed E-state index contributed by atoms with van der Waals surface area (Å²) >= 11 is 0. The van der Waals surface area contributed by atoms with E-state index in [1.165, 1.54) is 32.1 Å². The Hall–Kier alpha value is 0. The molecule has 0 amide bonds. The van der Waals surface area contributed by atoms with Crippen molar-refractivity contribution < 1.29 is 0 Å². The maximum Gasteiger partial charge on any atom is -0.0352 e. The maximum atomic E-state index is 2.47. The Morgan fingerprint density at radius 3 is 2.13 bits per heavy atom. The van der Waals surface area contributed by atoms with Crippen LogP contribution in [0.4, 0.5) is 0 Å². The predicted octanol–water partition coefficient (Wildman–Crippen LogP) is 5.13. The van der Waals surface area contributed by atoms with Gasteiger partial charge in [0.1, 0.15) is 0 Å². The van der Waals surface area contributed by atoms with E-state index in [2.05, 4.69) is 34.6 Å². The molecular weight excluding hydrogens is 180 g/mol. The van der Waals surface area contributed by atoms with Crippen LogP contribution in [0.2, 0.25) is 0 Å². The molecule has 5 unspecified atom stereocenters. The van der Waals surface area contributed by atoms with Crippen molar-refractivity contribution in [3.8, 4) is 0 Å². The average Bonchev–Trinajstić information content (AvgIpc) is 2.85. The van der Waals surface area contributed by atoms with Gasteiger partial charge in [-0.25, -0.2) is 0 Å². The molecule has 0 radical (unpaired) electrons. The highest BCUT2D eigenvalue weighted by Gasteiger charge is 2.46. The van der Waals surface area contributed by atoms with Crippen molar-refractivity contribution in [2.75, 3.05) is 0 Å². The molecule has 1 aliphatic rings. The van der Waals surface area contributed by atoms with Gasteiger partial charge in [0.15, 0.2) is 0 Å². The first-order chi connectivity index (χ1) is 7.15. The molecule has 15 heavy (non-hydrogen) atoms. The molecule has 1 rings (SSSR count). The second-order valence-electron chi connectivity index (χ2n) is 5.77. The lowest BCUT2D eigenvalue weighted by atomic mass is 9.84. The number of hydrogen-bond acceptors (Lipinski definition) is 0. The highest BCUT2D eigenvalue weighted by Crippen LogP contribution is 2.53. The molecule has 0 heteroatoms. The summed E-state index contributed by atoms with van der Waals surface area (Å²) in [5.74, 6) is 5.11. The summed E-state index contributed by atoms with van der Waals surface area (Å²) in [6.45, 7) is 11.9. The van der Waals surface area contributed by atoms with E-state index in [0.29, 0.717) is 0 Å². The predicted molar refractivity (Wildman–Crippen MR) is 68.9 cm³/mol. The van der Waals surface area contributed by atoms with Gasteiger partial charge in [0.2, 0.25) is 0 Å². The number of rotatable bonds is 7. The van der Waals surface area contributed by atoms with Crippen LogP contribution in [0.5, 0.6) is 0 Å². The largest absolute Gasteiger partial charge is 0.0654 e. The first-order valence-corrected chi connectivity index (χ1v) is 7.15. The van der Waals surface area contributed by atoms with Crippen molar-refractivity contribution in [3.05, 3.63) is 0 Å². The molecule has 0 N–H and O–H groups in total. The van der Waals surface area contributed by atoms with Crippen LogP contribution in [0.1, 0.15) is 66.7 Å². The van der Waals surface area contributed by atoms with Crippen LogP contribution in [-0.2, 0) is 0 Å². The molecule has 0 aromatic carbocycles. The zero-order valence-electron chi connectivity index (χ0n) is 11.4. The molecule has 0 saturated heterocycles. The van der Waals surface area contributed by atoms with E-state index in [1.807, 2.05) is 0 Å². The molecule has 0 aromatic rings. The van der Waals surface area contributed by atoms with E-state index in [4.69, 9.17) is 0 Å². The molecule has 1 fully saturated rings. The first-order valence-electron chi connectivity index (χ1n) is 7.15. The lowest BCUT2D eigenvalue weighted by Gasteiger charge is -2.21. The third-order valence-electron chi connectivity index (χ3n) is 4.93. The van der Waals surface area contributed by atoms with Crippen LogP contribution in [0.15, 0.2) is 0 Å². The highest BCUT2D eigenvalue weighted by atomic mass is 14.5. The quantitative estimate of drug-likeness (QED) is 0.546. The van der Waals surface area contributed by atoms with Crippen LogP contribution < -0.4 is 0 Å². The summed E-state index contributed by atoms with van der Waals surface area (Å²) in [5, 5.41) is 0. The maximum absolute atomic E-state index is 2.47. The second-order valence-corrected chi connectivity index (χ2v) is 5.77. The summed E-state index contributed by atoms with van der Waals surface area (Å²) in [5.41, 5.74) is 0. The third kappa shape index (κ3) is 3.23. The fourth-order valence-electron chi connectivity index (χ4n) is 3.32. The van der Waals surface area contributed by atoms with E-state index in [9.17, 15) is 0 Å². The van der Waals surface area contributed by atoms with Crippen molar-refractivity contribution in [1.29, 1.82) is 0 Å². The fraction of sp³-hybridized carbons (Fsp3) is 1.00. The fourth-order valence-corrected chi connectivity index (χ4v) is 3.32. The van der Waals surface area contributed by atoms with Crippen LogP contribution in [0, 0.1) is 29.6 Å². The van der Waals surface area contributed by atoms with E-state index in [0.717, 1.165) is 29.6 Å². The van der Waals surface area contributed by atoms with Crippen LogP contribution in [-0.4, -0.2) is 0 Å². The van der Waals surface area contributed by atoms with Crippen molar-refractivity contribution in [1.82, 2.24) is 0 Å². The zero-order valence-corrected chi connectivity index (χ0v) is 11.4. The Bertz CT molecular complexity index is 173. The molecule has 1 saturated carbocycles. The van der Waals surface area contributed by atoms with Gasteiger partial charge >= 0.3 is 0 Å². The van der Waals surface area contributed by atoms with Gasteiger partial charge in [-0.2, -0.15) is 0 Å². The second kappa shape index (κ2) is 5.92. The molecule has 0 aromatic heterocycles. The van der Waals surface area contributed by atoms with Crippen molar-refractivity contribution in [2.24, 2.45) is 29.6 Å². The minimum absolute atomic E-state index is 0.935. The van der Waals surface area contributed by atoms with E-state index in [-0.39, 0.29) is 0 Å². The van der Waals surface area contributed by atoms with Crippen molar-refractivity contribution in [3.63, 3.8) is 0 Å². The Morgan fingerprint density at radius 2 is 1.67 bits per heavy atom. The average molecular weight is 210 g/mol. The van der Waals surface area contributed by atoms with Gasteiger partial charge in [0.05, 0.1) is 0 Å². The zero-order chi connectivity index (χ0) is 11.4. The molecule has 0 heterocycles. The highest BCUT2D eigenvalue weighted by molar-refractivity contribution is 4.94. The van der Waals surface area contributed by atoms with Gasteiger partial charge < -0.3 is 0 Å². The number of hydrogen-bond donors (Lipinski definition) is 0. The standard InChI is InChI=1S/C15H30/c1-6-9-14-12(5)15(14)10-13(8-3)11(4)7-2/h11-15H,6-10H2,1-5H3. The van der Waals surface area contributed by atoms with Crippen molar-refractivity contribution in [2.45, 2.75) is 66.7 Å². The topological polar surface area (TPSA) is 0 Å². The molecule has 1 aliphatic carbocycles. The van der Waals surface area contributed by atoms with E-state index >= 15 is 0 Å². The van der Waals surface area contributed by atoms with Crippen LogP contribution in [0.25, 0.3) is 0 Å². The Morgan fingerprint density at radius 1 is 1.00 bits per heavy atom. The molecule has 90 valence electrons. The molecule has 0 nitrogen and oxygen atoms in total. The van der Waals surface area contributed by atoms with E-state index in [1.54, 1.807) is 0 Å². The van der Waals surface area contributed by atoms with Gasteiger partial charge in [0.25, 0.3) is 0 Å². The summed E-state index contributed by atoms with van der Waals surface area (Å²) in [6.07, 6.45) is 7.11. The SMILES string of the molecule is CCCC1C(C)C1CC(CC)C(C)CC. The van der Waals surface area contributed by atoms with Crippen LogP contribution in [0.3, 0.4) is 0 Å². The lowest BCUT2D eigenvalue weighted by molar-refractivity contribution is 0.295. The van der Waals surface area contributed by atoms with Gasteiger partial charge in [-0.3, -0.25) is 0 Å². The minimum Gasteiger partial charge on any atom is -0.0654 e. The first kappa shape index (κ1) is 13.1. The Labute approximate surface area is 96.8 Å². The molecule has 5 atom stereocenters. The monoisotopic (exact) mass is 210 g/mol. The Balaban J connectivity index is 2.34. The lowest BCUT2D eigenvalue weighted by Crippen LogP contribution is -2.11. The van der Waals surface area contributed by atoms with Gasteiger partial charge in [0, 0.05) is 0 Å². The molecule has 0 aliphatic heterocycles. The summed E-state index contributed by atoms with van der Waals surface area (Å²) in [6, 6.07) is 0. The van der Waals surface area contributed by atoms with Gasteiger partial charge in [-0.1, -0.05) is 60.3 Å². The summed E-state index contributed by atoms with van der Waals surface area (Å²) in [7, 11) is 0. The summed E-state index contributed by atoms with van der Waals surface area (Å²) < 4.78 is 0. The summed E-state index contributed by atoms with van der Waals surface area (Å²) in [4.78, 5) is 0. The molecule has 0 spiro atoms. The minimum atomic E-state index is 0.935.